The van der Waals surface area contributed by atoms with Gasteiger partial charge in [-0.2, -0.15) is 0 Å². The van der Waals surface area contributed by atoms with Gasteiger partial charge in [0.25, 0.3) is 0 Å². The van der Waals surface area contributed by atoms with Gasteiger partial charge in [-0.3, -0.25) is 0 Å². The minimum absolute atomic E-state index is 0.0519. The maximum atomic E-state index is 13.2. The minimum atomic E-state index is -1.47. The van der Waals surface area contributed by atoms with Crippen LogP contribution in [0.3, 0.4) is 0 Å². The summed E-state index contributed by atoms with van der Waals surface area (Å²) in [6.45, 7) is 6.43. The van der Waals surface area contributed by atoms with E-state index in [1.54, 1.807) is 6.08 Å². The zero-order valence-electron chi connectivity index (χ0n) is 22.1. The number of aliphatic hydroxyl groups excluding tert-OH is 2. The van der Waals surface area contributed by atoms with Crippen molar-refractivity contribution >= 4 is 11.9 Å². The van der Waals surface area contributed by atoms with Crippen LogP contribution >= 0.6 is 0 Å². The Morgan fingerprint density at radius 3 is 2.61 bits per heavy atom. The van der Waals surface area contributed by atoms with Gasteiger partial charge in [0.15, 0.2) is 0 Å². The molecule has 2 spiro atoms. The maximum absolute atomic E-state index is 13.2. The van der Waals surface area contributed by atoms with Crippen LogP contribution in [0.5, 0.6) is 0 Å². The van der Waals surface area contributed by atoms with Gasteiger partial charge in [-0.25, -0.2) is 9.59 Å². The molecule has 6 aliphatic rings. The Morgan fingerprint density at radius 1 is 1.08 bits per heavy atom. The molecule has 4 aliphatic heterocycles. The first-order chi connectivity index (χ1) is 18.1. The van der Waals surface area contributed by atoms with Crippen LogP contribution in [0.4, 0.5) is 0 Å². The van der Waals surface area contributed by atoms with Gasteiger partial charge < -0.3 is 33.9 Å². The normalized spacial score (nSPS) is 50.0. The summed E-state index contributed by atoms with van der Waals surface area (Å²) < 4.78 is 30.6. The number of rotatable bonds is 1. The number of hydrogen-bond acceptors (Lipinski definition) is 9. The molecule has 38 heavy (non-hydrogen) atoms. The highest BCUT2D eigenvalue weighted by atomic mass is 16.6. The second-order valence-electron chi connectivity index (χ2n) is 11.8. The first-order valence-corrected chi connectivity index (χ1v) is 13.5. The van der Waals surface area contributed by atoms with Crippen LogP contribution in [-0.4, -0.2) is 83.7 Å². The molecule has 0 radical (unpaired) electrons. The number of allylic oxidation sites excluding steroid dienone is 3. The maximum Gasteiger partial charge on any atom is 0.331 e. The highest BCUT2D eigenvalue weighted by Crippen LogP contribution is 2.72. The third-order valence-corrected chi connectivity index (χ3v) is 10.1. The van der Waals surface area contributed by atoms with Gasteiger partial charge in [-0.15, -0.1) is 0 Å². The number of fused-ring (bicyclic) bond motifs is 2. The fourth-order valence-electron chi connectivity index (χ4n) is 7.68. The molecular formula is C29H36O9. The van der Waals surface area contributed by atoms with Crippen molar-refractivity contribution in [1.82, 2.24) is 0 Å². The van der Waals surface area contributed by atoms with Crippen molar-refractivity contribution in [3.63, 3.8) is 0 Å². The van der Waals surface area contributed by atoms with E-state index in [9.17, 15) is 19.8 Å². The molecule has 6 rings (SSSR count). The van der Waals surface area contributed by atoms with Crippen LogP contribution in [0.2, 0.25) is 0 Å². The van der Waals surface area contributed by atoms with Crippen LogP contribution in [0.1, 0.15) is 46.5 Å². The van der Waals surface area contributed by atoms with Crippen LogP contribution in [0, 0.1) is 10.8 Å². The van der Waals surface area contributed by atoms with E-state index in [1.165, 1.54) is 36.8 Å². The zero-order chi connectivity index (χ0) is 26.9. The summed E-state index contributed by atoms with van der Waals surface area (Å²) >= 11 is 0. The lowest BCUT2D eigenvalue weighted by atomic mass is 9.51. The van der Waals surface area contributed by atoms with Crippen molar-refractivity contribution in [3.8, 4) is 0 Å². The smallest absolute Gasteiger partial charge is 0.331 e. The van der Waals surface area contributed by atoms with E-state index in [1.807, 2.05) is 0 Å². The summed E-state index contributed by atoms with van der Waals surface area (Å²) in [6, 6.07) is 0. The summed E-state index contributed by atoms with van der Waals surface area (Å²) in [6.07, 6.45) is 8.21. The van der Waals surface area contributed by atoms with E-state index >= 15 is 0 Å². The van der Waals surface area contributed by atoms with Crippen LogP contribution in [-0.2, 0) is 33.3 Å². The van der Waals surface area contributed by atoms with Crippen molar-refractivity contribution in [2.24, 2.45) is 10.8 Å². The Kier molecular flexibility index (Phi) is 6.05. The van der Waals surface area contributed by atoms with E-state index in [0.29, 0.717) is 31.4 Å². The van der Waals surface area contributed by atoms with E-state index in [4.69, 9.17) is 23.7 Å². The fourth-order valence-corrected chi connectivity index (χ4v) is 7.68. The lowest BCUT2D eigenvalue weighted by Gasteiger charge is -2.58. The summed E-state index contributed by atoms with van der Waals surface area (Å²) in [5.41, 5.74) is -1.76. The lowest BCUT2D eigenvalue weighted by Crippen LogP contribution is -2.66. The third kappa shape index (κ3) is 3.48. The van der Waals surface area contributed by atoms with Crippen molar-refractivity contribution in [2.45, 2.75) is 88.2 Å². The average molecular weight is 529 g/mol. The second-order valence-corrected chi connectivity index (χ2v) is 11.8. The Labute approximate surface area is 222 Å². The van der Waals surface area contributed by atoms with Gasteiger partial charge in [-0.1, -0.05) is 30.7 Å². The van der Waals surface area contributed by atoms with Crippen LogP contribution in [0.25, 0.3) is 0 Å². The fraction of sp³-hybridized carbons (Fsp3) is 0.655. The molecule has 1 saturated carbocycles. The molecular weight excluding hydrogens is 492 g/mol. The summed E-state index contributed by atoms with van der Waals surface area (Å²) in [5.74, 6) is -1.10. The van der Waals surface area contributed by atoms with E-state index in [-0.39, 0.29) is 25.4 Å². The lowest BCUT2D eigenvalue weighted by molar-refractivity contribution is -0.232. The Balaban J connectivity index is 1.44. The number of ether oxygens (including phenoxy) is 5. The summed E-state index contributed by atoms with van der Waals surface area (Å²) in [4.78, 5) is 26.2. The van der Waals surface area contributed by atoms with Gasteiger partial charge in [-0.05, 0) is 44.8 Å². The Bertz CT molecular complexity index is 1150. The molecule has 9 heteroatoms. The molecule has 4 bridgehead atoms. The van der Waals surface area contributed by atoms with Crippen molar-refractivity contribution in [3.05, 3.63) is 47.6 Å². The van der Waals surface area contributed by atoms with Crippen molar-refractivity contribution in [1.29, 1.82) is 0 Å². The molecule has 4 fully saturated rings. The van der Waals surface area contributed by atoms with Gasteiger partial charge in [0.1, 0.15) is 30.0 Å². The molecule has 9 atom stereocenters. The van der Waals surface area contributed by atoms with E-state index < -0.39 is 52.3 Å². The number of esters is 2. The quantitative estimate of drug-likeness (QED) is 0.299. The third-order valence-electron chi connectivity index (χ3n) is 10.1. The molecule has 2 aliphatic carbocycles. The molecule has 0 amide bonds. The Hall–Kier alpha value is -2.30. The number of hydrogen-bond donors (Lipinski definition) is 2. The number of cyclic esters (lactones) is 1. The Morgan fingerprint density at radius 2 is 1.87 bits per heavy atom. The number of epoxide rings is 1. The molecule has 0 aromatic rings. The molecule has 3 saturated heterocycles. The predicted molar refractivity (Wildman–Crippen MR) is 134 cm³/mol. The second kappa shape index (κ2) is 8.86. The minimum Gasteiger partial charge on any atom is -0.462 e. The standard InChI is InChI=1S/C29H36O9/c1-17-7-10-27-15-34-24(32)13-19-8-11-35-28(18(2)30,25(19)33)9-5-4-6-23(31)38-20-14-22(37-21(27)12-17)29(16-36-29)26(20,27)3/h4-6,9,12-13,18,20-22,25,30,33H,7-8,10-11,14-16H2,1-3H3/b6-4-,9-5+,19-13-/t18-,20+,21+,22+,25+,26+,27+,28+,29+/m0/s1. The zero-order valence-corrected chi connectivity index (χ0v) is 22.1. The summed E-state index contributed by atoms with van der Waals surface area (Å²) in [5, 5.41) is 21.7. The molecule has 4 heterocycles. The van der Waals surface area contributed by atoms with Crippen LogP contribution < -0.4 is 0 Å². The molecule has 2 N–H and O–H groups in total. The van der Waals surface area contributed by atoms with Crippen molar-refractivity contribution in [2.75, 3.05) is 19.8 Å². The predicted octanol–water partition coefficient (Wildman–Crippen LogP) is 2.07. The van der Waals surface area contributed by atoms with E-state index in [0.717, 1.165) is 6.42 Å². The molecule has 0 aromatic heterocycles. The van der Waals surface area contributed by atoms with Gasteiger partial charge >= 0.3 is 11.9 Å². The number of aliphatic hydroxyl groups is 2. The van der Waals surface area contributed by atoms with Crippen LogP contribution in [0.15, 0.2) is 47.6 Å². The topological polar surface area (TPSA) is 124 Å². The summed E-state index contributed by atoms with van der Waals surface area (Å²) in [7, 11) is 0. The van der Waals surface area contributed by atoms with Gasteiger partial charge in [0.2, 0.25) is 0 Å². The van der Waals surface area contributed by atoms with Gasteiger partial charge in [0.05, 0.1) is 36.9 Å². The largest absolute Gasteiger partial charge is 0.462 e. The molecule has 0 unspecified atom stereocenters. The number of carbonyl (C=O) groups excluding carboxylic acids is 2. The SMILES string of the molecule is CC1=C[C@H]2O[C@@H]3C[C@H]4OC(=O)/C=C\C=C\[C@]5([C@H](C)O)OCC/C(=C/C(=O)OC[C@@]2(CC1)[C@]4(C)[C@@]31CO1)[C@H]5O. The average Bonchev–Trinajstić information content (AvgIpc) is 3.65. The molecule has 206 valence electrons. The first kappa shape index (κ1) is 26.0. The number of carbonyl (C=O) groups is 2. The first-order valence-electron chi connectivity index (χ1n) is 13.5. The van der Waals surface area contributed by atoms with Gasteiger partial charge in [0, 0.05) is 24.0 Å². The highest BCUT2D eigenvalue weighted by molar-refractivity contribution is 5.83. The monoisotopic (exact) mass is 528 g/mol. The highest BCUT2D eigenvalue weighted by Gasteiger charge is 2.83. The van der Waals surface area contributed by atoms with E-state index in [2.05, 4.69) is 19.9 Å². The molecule has 9 nitrogen and oxygen atoms in total. The van der Waals surface area contributed by atoms with Crippen molar-refractivity contribution < 1.29 is 43.5 Å². The molecule has 0 aromatic carbocycles.